The van der Waals surface area contributed by atoms with E-state index in [1.54, 1.807) is 17.1 Å². The Hall–Kier alpha value is -2.21. The van der Waals surface area contributed by atoms with Crippen LogP contribution >= 0.6 is 0 Å². The maximum atomic E-state index is 12.7. The molecule has 6 nitrogen and oxygen atoms in total. The first kappa shape index (κ1) is 16.3. The molecule has 2 fully saturated rings. The van der Waals surface area contributed by atoms with Crippen LogP contribution in [-0.4, -0.2) is 62.7 Å². The third-order valence-corrected chi connectivity index (χ3v) is 5.43. The number of carbonyl (C=O) groups excluding carboxylic acids is 1. The number of nitrogens with zero attached hydrogens (tertiary/aromatic N) is 5. The summed E-state index contributed by atoms with van der Waals surface area (Å²) in [6, 6.07) is 6.28. The van der Waals surface area contributed by atoms with Crippen LogP contribution in [0.15, 0.2) is 36.8 Å². The third-order valence-electron chi connectivity index (χ3n) is 5.43. The lowest BCUT2D eigenvalue weighted by molar-refractivity contribution is 0.0523. The lowest BCUT2D eigenvalue weighted by Gasteiger charge is -2.40. The van der Waals surface area contributed by atoms with Gasteiger partial charge in [-0.25, -0.2) is 9.67 Å². The van der Waals surface area contributed by atoms with E-state index in [0.717, 1.165) is 38.0 Å². The Morgan fingerprint density at radius 1 is 1.04 bits per heavy atom. The Kier molecular flexibility index (Phi) is 4.78. The molecular weight excluding hydrogens is 314 g/mol. The van der Waals surface area contributed by atoms with Crippen LogP contribution in [0.2, 0.25) is 0 Å². The Morgan fingerprint density at radius 2 is 1.84 bits per heavy atom. The van der Waals surface area contributed by atoms with Crippen LogP contribution in [0.1, 0.15) is 42.5 Å². The van der Waals surface area contributed by atoms with Crippen LogP contribution in [0.4, 0.5) is 0 Å². The van der Waals surface area contributed by atoms with Crippen LogP contribution in [0.5, 0.6) is 0 Å². The second-order valence-electron chi connectivity index (χ2n) is 6.98. The van der Waals surface area contributed by atoms with Crippen LogP contribution in [-0.2, 0) is 0 Å². The van der Waals surface area contributed by atoms with Crippen LogP contribution in [0, 0.1) is 0 Å². The summed E-state index contributed by atoms with van der Waals surface area (Å²) in [4.78, 5) is 21.6. The fourth-order valence-electron chi connectivity index (χ4n) is 3.97. The minimum atomic E-state index is 0.0859. The largest absolute Gasteiger partial charge is 0.336 e. The molecule has 0 atom stereocenters. The summed E-state index contributed by atoms with van der Waals surface area (Å²) in [5.41, 5.74) is 0.655. The predicted octanol–water partition coefficient (Wildman–Crippen LogP) is 2.36. The van der Waals surface area contributed by atoms with Gasteiger partial charge in [0.1, 0.15) is 0 Å². The third kappa shape index (κ3) is 3.58. The Labute approximate surface area is 148 Å². The number of carbonyl (C=O) groups is 1. The molecular formula is C19H25N5O. The van der Waals surface area contributed by atoms with E-state index in [1.165, 1.54) is 32.1 Å². The van der Waals surface area contributed by atoms with E-state index < -0.39 is 0 Å². The number of amides is 1. The SMILES string of the molecule is O=C(c1ccc(-n2cccn2)nc1)N1CCN(C2CCCCC2)CC1. The van der Waals surface area contributed by atoms with Crippen molar-refractivity contribution in [1.29, 1.82) is 0 Å². The van der Waals surface area contributed by atoms with E-state index in [0.29, 0.717) is 5.56 Å². The van der Waals surface area contributed by atoms with Crippen LogP contribution in [0.3, 0.4) is 0 Å². The molecule has 1 saturated heterocycles. The molecule has 1 amide bonds. The fourth-order valence-corrected chi connectivity index (χ4v) is 3.97. The number of piperazine rings is 1. The molecule has 0 radical (unpaired) electrons. The van der Waals surface area contributed by atoms with Gasteiger partial charge in [0.25, 0.3) is 5.91 Å². The zero-order chi connectivity index (χ0) is 17.1. The first-order valence-electron chi connectivity index (χ1n) is 9.31. The molecule has 0 spiro atoms. The van der Waals surface area contributed by atoms with E-state index in [1.807, 2.05) is 29.3 Å². The maximum Gasteiger partial charge on any atom is 0.255 e. The molecule has 25 heavy (non-hydrogen) atoms. The normalized spacial score (nSPS) is 19.9. The number of rotatable bonds is 3. The number of aromatic nitrogens is 3. The van der Waals surface area contributed by atoms with Crippen molar-refractivity contribution < 1.29 is 4.79 Å². The van der Waals surface area contributed by atoms with Crippen LogP contribution < -0.4 is 0 Å². The summed E-state index contributed by atoms with van der Waals surface area (Å²) < 4.78 is 1.69. The number of pyridine rings is 1. The standard InChI is InChI=1S/C19H25N5O/c25-19(16-7-8-18(20-15-16)24-10-4-9-21-24)23-13-11-22(12-14-23)17-5-2-1-3-6-17/h4,7-10,15,17H,1-3,5-6,11-14H2. The van der Waals surface area contributed by atoms with Crippen molar-refractivity contribution in [3.63, 3.8) is 0 Å². The molecule has 4 rings (SSSR count). The minimum absolute atomic E-state index is 0.0859. The first-order chi connectivity index (χ1) is 12.3. The zero-order valence-corrected chi connectivity index (χ0v) is 14.5. The molecule has 0 N–H and O–H groups in total. The highest BCUT2D eigenvalue weighted by Gasteiger charge is 2.27. The van der Waals surface area contributed by atoms with Gasteiger partial charge in [0.15, 0.2) is 5.82 Å². The van der Waals surface area contributed by atoms with Gasteiger partial charge < -0.3 is 4.90 Å². The summed E-state index contributed by atoms with van der Waals surface area (Å²) in [5, 5.41) is 4.16. The molecule has 2 aliphatic rings. The van der Waals surface area contributed by atoms with Gasteiger partial charge in [-0.3, -0.25) is 9.69 Å². The molecule has 1 aliphatic heterocycles. The van der Waals surface area contributed by atoms with Gasteiger partial charge in [0.05, 0.1) is 5.56 Å². The van der Waals surface area contributed by atoms with Gasteiger partial charge in [-0.1, -0.05) is 19.3 Å². The van der Waals surface area contributed by atoms with Crippen LogP contribution in [0.25, 0.3) is 5.82 Å². The summed E-state index contributed by atoms with van der Waals surface area (Å²) in [6.45, 7) is 3.62. The molecule has 132 valence electrons. The summed E-state index contributed by atoms with van der Waals surface area (Å²) in [6.07, 6.45) is 12.0. The highest BCUT2D eigenvalue weighted by Crippen LogP contribution is 2.23. The molecule has 1 saturated carbocycles. The van der Waals surface area contributed by atoms with Gasteiger partial charge in [0, 0.05) is 50.8 Å². The second kappa shape index (κ2) is 7.35. The lowest BCUT2D eigenvalue weighted by Crippen LogP contribution is -2.52. The molecule has 3 heterocycles. The maximum absolute atomic E-state index is 12.7. The topological polar surface area (TPSA) is 54.3 Å². The second-order valence-corrected chi connectivity index (χ2v) is 6.98. The van der Waals surface area contributed by atoms with Gasteiger partial charge >= 0.3 is 0 Å². The van der Waals surface area contributed by atoms with Crippen molar-refractivity contribution in [2.45, 2.75) is 38.1 Å². The van der Waals surface area contributed by atoms with E-state index in [-0.39, 0.29) is 5.91 Å². The van der Waals surface area contributed by atoms with E-state index in [9.17, 15) is 4.79 Å². The average Bonchev–Trinajstić information content (AvgIpc) is 3.23. The summed E-state index contributed by atoms with van der Waals surface area (Å²) in [5.74, 6) is 0.812. The number of hydrogen-bond acceptors (Lipinski definition) is 4. The molecule has 2 aromatic heterocycles. The smallest absolute Gasteiger partial charge is 0.255 e. The van der Waals surface area contributed by atoms with Crippen molar-refractivity contribution in [3.8, 4) is 5.82 Å². The van der Waals surface area contributed by atoms with E-state index >= 15 is 0 Å². The van der Waals surface area contributed by atoms with Gasteiger partial charge in [-0.05, 0) is 31.0 Å². The lowest BCUT2D eigenvalue weighted by atomic mass is 9.94. The zero-order valence-electron chi connectivity index (χ0n) is 14.5. The minimum Gasteiger partial charge on any atom is -0.336 e. The van der Waals surface area contributed by atoms with Crippen molar-refractivity contribution >= 4 is 5.91 Å². The Bertz CT molecular complexity index is 683. The monoisotopic (exact) mass is 339 g/mol. The van der Waals surface area contributed by atoms with Gasteiger partial charge in [-0.2, -0.15) is 5.10 Å². The fraction of sp³-hybridized carbons (Fsp3) is 0.526. The van der Waals surface area contributed by atoms with Gasteiger partial charge in [0.2, 0.25) is 0 Å². The molecule has 6 heteroatoms. The predicted molar refractivity (Wildman–Crippen MR) is 95.7 cm³/mol. The summed E-state index contributed by atoms with van der Waals surface area (Å²) >= 11 is 0. The Morgan fingerprint density at radius 3 is 2.48 bits per heavy atom. The molecule has 2 aromatic rings. The van der Waals surface area contributed by atoms with E-state index in [2.05, 4.69) is 15.0 Å². The van der Waals surface area contributed by atoms with Crippen molar-refractivity contribution in [2.75, 3.05) is 26.2 Å². The Balaban J connectivity index is 1.35. The summed E-state index contributed by atoms with van der Waals surface area (Å²) in [7, 11) is 0. The molecule has 1 aliphatic carbocycles. The number of hydrogen-bond donors (Lipinski definition) is 0. The van der Waals surface area contributed by atoms with Crippen molar-refractivity contribution in [1.82, 2.24) is 24.6 Å². The quantitative estimate of drug-likeness (QED) is 0.861. The molecule has 0 unspecified atom stereocenters. The average molecular weight is 339 g/mol. The van der Waals surface area contributed by atoms with E-state index in [4.69, 9.17) is 0 Å². The van der Waals surface area contributed by atoms with Gasteiger partial charge in [-0.15, -0.1) is 0 Å². The first-order valence-corrected chi connectivity index (χ1v) is 9.31. The molecule has 0 bridgehead atoms. The highest BCUT2D eigenvalue weighted by atomic mass is 16.2. The van der Waals surface area contributed by atoms with Crippen molar-refractivity contribution in [2.24, 2.45) is 0 Å². The highest BCUT2D eigenvalue weighted by molar-refractivity contribution is 5.94. The molecule has 0 aromatic carbocycles. The van der Waals surface area contributed by atoms with Crippen molar-refractivity contribution in [3.05, 3.63) is 42.4 Å².